The Hall–Kier alpha value is -3.28. The highest BCUT2D eigenvalue weighted by atomic mass is 16.5. The van der Waals surface area contributed by atoms with Crippen molar-refractivity contribution in [1.82, 2.24) is 0 Å². The molecule has 0 amide bonds. The van der Waals surface area contributed by atoms with Gasteiger partial charge in [-0.1, -0.05) is 44.2 Å². The van der Waals surface area contributed by atoms with E-state index in [1.165, 1.54) is 0 Å². The van der Waals surface area contributed by atoms with Crippen molar-refractivity contribution in [1.29, 1.82) is 0 Å². The number of fused-ring (bicyclic) bond motifs is 1. The molecular weight excluding hydrogens is 394 g/mol. The molecular formula is C25H27NO5. The van der Waals surface area contributed by atoms with E-state index >= 15 is 0 Å². The van der Waals surface area contributed by atoms with E-state index in [1.54, 1.807) is 14.0 Å². The number of Topliss-reactive ketones (excluding diaryl/α,β-unsaturated/α-hetero) is 1. The summed E-state index contributed by atoms with van der Waals surface area (Å²) in [6, 6.07) is 11.6. The number of benzene rings is 2. The molecule has 2 aromatic carbocycles. The number of hydrogen-bond donors (Lipinski definition) is 1. The zero-order chi connectivity index (χ0) is 22.3. The van der Waals surface area contributed by atoms with Gasteiger partial charge in [0.05, 0.1) is 19.6 Å². The number of carbonyl (C=O) groups excluding carboxylic acids is 2. The molecule has 2 N–H and O–H groups in total. The second-order valence-corrected chi connectivity index (χ2v) is 8.71. The maximum atomic E-state index is 13.4. The average molecular weight is 421 g/mol. The van der Waals surface area contributed by atoms with Crippen LogP contribution >= 0.6 is 0 Å². The molecule has 0 spiro atoms. The van der Waals surface area contributed by atoms with Crippen LogP contribution in [0.25, 0.3) is 10.8 Å². The Morgan fingerprint density at radius 3 is 2.65 bits per heavy atom. The molecule has 31 heavy (non-hydrogen) atoms. The fourth-order valence-electron chi connectivity index (χ4n) is 4.63. The SMILES string of the molecule is CCOC(=O)C1=C(N)OC2=C(C(=O)CC(C)(C)C2)C1c1c(OC)ccc2ccccc12. The lowest BCUT2D eigenvalue weighted by Gasteiger charge is -2.38. The van der Waals surface area contributed by atoms with Gasteiger partial charge in [-0.3, -0.25) is 4.79 Å². The summed E-state index contributed by atoms with van der Waals surface area (Å²) in [5.41, 5.74) is 7.35. The van der Waals surface area contributed by atoms with Gasteiger partial charge in [-0.05, 0) is 29.2 Å². The van der Waals surface area contributed by atoms with Crippen molar-refractivity contribution in [3.8, 4) is 5.75 Å². The number of nitrogens with two attached hydrogens (primary N) is 1. The van der Waals surface area contributed by atoms with Crippen molar-refractivity contribution in [3.63, 3.8) is 0 Å². The van der Waals surface area contributed by atoms with Crippen molar-refractivity contribution in [2.45, 2.75) is 39.5 Å². The van der Waals surface area contributed by atoms with Crippen LogP contribution in [0.5, 0.6) is 5.75 Å². The quantitative estimate of drug-likeness (QED) is 0.739. The Balaban J connectivity index is 2.05. The normalized spacial score (nSPS) is 20.4. The number of ether oxygens (including phenoxy) is 3. The lowest BCUT2D eigenvalue weighted by molar-refractivity contribution is -0.139. The first kappa shape index (κ1) is 21.0. The van der Waals surface area contributed by atoms with Crippen LogP contribution in [0.1, 0.15) is 45.1 Å². The molecule has 0 fully saturated rings. The zero-order valence-electron chi connectivity index (χ0n) is 18.3. The van der Waals surface area contributed by atoms with Crippen LogP contribution < -0.4 is 10.5 Å². The number of allylic oxidation sites excluding steroid dienone is 2. The Labute approximate surface area is 181 Å². The zero-order valence-corrected chi connectivity index (χ0v) is 18.3. The van der Waals surface area contributed by atoms with Crippen LogP contribution in [0, 0.1) is 5.41 Å². The molecule has 0 saturated carbocycles. The topological polar surface area (TPSA) is 87.9 Å². The van der Waals surface area contributed by atoms with Crippen LogP contribution in [0.2, 0.25) is 0 Å². The molecule has 6 nitrogen and oxygen atoms in total. The van der Waals surface area contributed by atoms with Crippen molar-refractivity contribution in [2.24, 2.45) is 11.1 Å². The number of hydrogen-bond acceptors (Lipinski definition) is 6. The van der Waals surface area contributed by atoms with Gasteiger partial charge in [0.1, 0.15) is 17.1 Å². The van der Waals surface area contributed by atoms with Gasteiger partial charge in [0, 0.05) is 24.0 Å². The number of carbonyl (C=O) groups is 2. The predicted molar refractivity (Wildman–Crippen MR) is 117 cm³/mol. The first-order valence-corrected chi connectivity index (χ1v) is 10.4. The van der Waals surface area contributed by atoms with Crippen molar-refractivity contribution < 1.29 is 23.8 Å². The Morgan fingerprint density at radius 2 is 1.94 bits per heavy atom. The van der Waals surface area contributed by atoms with Crippen LogP contribution in [-0.2, 0) is 19.1 Å². The molecule has 1 aliphatic heterocycles. The maximum absolute atomic E-state index is 13.4. The molecule has 1 unspecified atom stereocenters. The Morgan fingerprint density at radius 1 is 1.19 bits per heavy atom. The number of ketones is 1. The second kappa shape index (κ2) is 7.76. The molecule has 0 aromatic heterocycles. The van der Waals surface area contributed by atoms with Gasteiger partial charge in [-0.2, -0.15) is 0 Å². The van der Waals surface area contributed by atoms with Gasteiger partial charge in [0.15, 0.2) is 5.78 Å². The summed E-state index contributed by atoms with van der Waals surface area (Å²) in [6.07, 6.45) is 0.906. The third-order valence-electron chi connectivity index (χ3n) is 5.89. The van der Waals surface area contributed by atoms with Crippen molar-refractivity contribution in [2.75, 3.05) is 13.7 Å². The fraction of sp³-hybridized carbons (Fsp3) is 0.360. The molecule has 162 valence electrons. The van der Waals surface area contributed by atoms with E-state index < -0.39 is 11.9 Å². The molecule has 2 aromatic rings. The van der Waals surface area contributed by atoms with Crippen LogP contribution in [-0.4, -0.2) is 25.5 Å². The summed E-state index contributed by atoms with van der Waals surface area (Å²) >= 11 is 0. The van der Waals surface area contributed by atoms with Gasteiger partial charge in [0.2, 0.25) is 5.88 Å². The Kier molecular flexibility index (Phi) is 5.25. The second-order valence-electron chi connectivity index (χ2n) is 8.71. The molecule has 1 heterocycles. The average Bonchev–Trinajstić information content (AvgIpc) is 2.71. The van der Waals surface area contributed by atoms with Crippen molar-refractivity contribution in [3.05, 3.63) is 64.8 Å². The molecule has 2 aliphatic rings. The summed E-state index contributed by atoms with van der Waals surface area (Å²) < 4.78 is 16.9. The molecule has 6 heteroatoms. The third-order valence-corrected chi connectivity index (χ3v) is 5.89. The van der Waals surface area contributed by atoms with Crippen LogP contribution in [0.4, 0.5) is 0 Å². The number of methoxy groups -OCH3 is 1. The van der Waals surface area contributed by atoms with E-state index in [-0.39, 0.29) is 29.3 Å². The molecule has 0 bridgehead atoms. The van der Waals surface area contributed by atoms with E-state index in [0.717, 1.165) is 16.3 Å². The third kappa shape index (κ3) is 3.56. The summed E-state index contributed by atoms with van der Waals surface area (Å²) in [7, 11) is 1.57. The molecule has 0 radical (unpaired) electrons. The predicted octanol–water partition coefficient (Wildman–Crippen LogP) is 4.34. The summed E-state index contributed by atoms with van der Waals surface area (Å²) in [4.78, 5) is 26.4. The highest BCUT2D eigenvalue weighted by Gasteiger charge is 2.46. The van der Waals surface area contributed by atoms with Gasteiger partial charge < -0.3 is 19.9 Å². The summed E-state index contributed by atoms with van der Waals surface area (Å²) in [5, 5.41) is 1.85. The first-order chi connectivity index (χ1) is 14.8. The lowest BCUT2D eigenvalue weighted by atomic mass is 9.69. The Bertz CT molecular complexity index is 1140. The van der Waals surface area contributed by atoms with Crippen molar-refractivity contribution >= 4 is 22.5 Å². The van der Waals surface area contributed by atoms with Crippen LogP contribution in [0.15, 0.2) is 59.2 Å². The largest absolute Gasteiger partial charge is 0.496 e. The maximum Gasteiger partial charge on any atom is 0.340 e. The minimum atomic E-state index is -0.729. The van der Waals surface area contributed by atoms with E-state index in [0.29, 0.717) is 29.9 Å². The van der Waals surface area contributed by atoms with Gasteiger partial charge in [0.25, 0.3) is 0 Å². The monoisotopic (exact) mass is 421 g/mol. The van der Waals surface area contributed by atoms with Gasteiger partial charge in [-0.15, -0.1) is 0 Å². The molecule has 1 aliphatic carbocycles. The number of rotatable bonds is 4. The van der Waals surface area contributed by atoms with E-state index in [4.69, 9.17) is 19.9 Å². The molecule has 4 rings (SSSR count). The van der Waals surface area contributed by atoms with Gasteiger partial charge >= 0.3 is 5.97 Å². The van der Waals surface area contributed by atoms with E-state index in [2.05, 4.69) is 0 Å². The molecule has 1 atom stereocenters. The van der Waals surface area contributed by atoms with Gasteiger partial charge in [-0.25, -0.2) is 4.79 Å². The van der Waals surface area contributed by atoms with E-state index in [9.17, 15) is 9.59 Å². The fourth-order valence-corrected chi connectivity index (χ4v) is 4.63. The summed E-state index contributed by atoms with van der Waals surface area (Å²) in [6.45, 7) is 5.95. The van der Waals surface area contributed by atoms with Crippen LogP contribution in [0.3, 0.4) is 0 Å². The highest BCUT2D eigenvalue weighted by Crippen LogP contribution is 2.51. The minimum Gasteiger partial charge on any atom is -0.496 e. The molecule has 0 saturated heterocycles. The summed E-state index contributed by atoms with van der Waals surface area (Å²) in [5.74, 6) is -0.309. The smallest absolute Gasteiger partial charge is 0.340 e. The van der Waals surface area contributed by atoms with E-state index in [1.807, 2.05) is 50.2 Å². The minimum absolute atomic E-state index is 0.0253. The number of esters is 1. The first-order valence-electron chi connectivity index (χ1n) is 10.4. The standard InChI is InChI=1S/C25H27NO5/c1-5-30-24(28)22-21(19-15-9-7-6-8-14(15)10-11-17(19)29-4)20-16(27)12-25(2,3)13-18(20)31-23(22)26/h6-11,21H,5,12-13,26H2,1-4H3. The highest BCUT2D eigenvalue weighted by molar-refractivity contribution is 6.05. The lowest BCUT2D eigenvalue weighted by Crippen LogP contribution is -2.36.